The molecule has 7 aromatic carbocycles. The second-order valence-corrected chi connectivity index (χ2v) is 12.1. The van der Waals surface area contributed by atoms with Crippen LogP contribution >= 0.6 is 0 Å². The molecule has 0 bridgehead atoms. The van der Waals surface area contributed by atoms with Gasteiger partial charge in [0.2, 0.25) is 0 Å². The Labute approximate surface area is 261 Å². The third-order valence-corrected chi connectivity index (χ3v) is 9.71. The fraction of sp³-hybridized carbons (Fsp3) is 0. The molecule has 46 heavy (non-hydrogen) atoms. The number of rotatable bonds is 2. The summed E-state index contributed by atoms with van der Waals surface area (Å²) in [4.78, 5) is 0. The Hall–Kier alpha value is -6.26. The minimum atomic E-state index is 0.822. The minimum absolute atomic E-state index is 0.822. The molecule has 0 unspecified atom stereocenters. The van der Waals surface area contributed by atoms with Crippen LogP contribution in [-0.4, -0.2) is 9.13 Å². The van der Waals surface area contributed by atoms with E-state index >= 15 is 0 Å². The van der Waals surface area contributed by atoms with Gasteiger partial charge in [0.1, 0.15) is 16.7 Å². The van der Waals surface area contributed by atoms with Gasteiger partial charge in [0.25, 0.3) is 0 Å². The van der Waals surface area contributed by atoms with Crippen LogP contribution in [0.4, 0.5) is 0 Å². The first-order valence-corrected chi connectivity index (χ1v) is 15.6. The molecule has 0 aliphatic rings. The fourth-order valence-corrected chi connectivity index (χ4v) is 7.86. The van der Waals surface area contributed by atoms with Gasteiger partial charge in [-0.05, 0) is 60.7 Å². The van der Waals surface area contributed by atoms with Gasteiger partial charge in [-0.1, -0.05) is 84.9 Å². The topological polar surface area (TPSA) is 36.1 Å². The maximum Gasteiger partial charge on any atom is 0.159 e. The van der Waals surface area contributed by atoms with Crippen LogP contribution in [0.25, 0.3) is 98.9 Å². The molecule has 0 spiro atoms. The Bertz CT molecular complexity index is 3020. The summed E-state index contributed by atoms with van der Waals surface area (Å²) in [5.74, 6) is 0. The molecule has 0 fully saturated rings. The highest BCUT2D eigenvalue weighted by molar-refractivity contribution is 6.29. The Morgan fingerprint density at radius 2 is 0.935 bits per heavy atom. The smallest absolute Gasteiger partial charge is 0.159 e. The van der Waals surface area contributed by atoms with Crippen LogP contribution in [0.5, 0.6) is 0 Å². The van der Waals surface area contributed by atoms with Crippen LogP contribution in [0.15, 0.2) is 154 Å². The minimum Gasteiger partial charge on any atom is -0.455 e. The number of nitrogens with zero attached hydrogens (tertiary/aromatic N) is 2. The molecule has 0 aliphatic carbocycles. The lowest BCUT2D eigenvalue weighted by Gasteiger charge is -2.09. The van der Waals surface area contributed by atoms with E-state index < -0.39 is 0 Å². The van der Waals surface area contributed by atoms with E-state index in [2.05, 4.69) is 143 Å². The molecular weight excluding hydrogens is 564 g/mol. The molecule has 0 N–H and O–H groups in total. The summed E-state index contributed by atoms with van der Waals surface area (Å²) < 4.78 is 18.0. The summed E-state index contributed by atoms with van der Waals surface area (Å²) in [5, 5.41) is 9.23. The fourth-order valence-electron chi connectivity index (χ4n) is 7.86. The monoisotopic (exact) mass is 588 g/mol. The molecule has 0 amide bonds. The second-order valence-electron chi connectivity index (χ2n) is 12.1. The standard InChI is InChI=1S/C42H24N2O2/c1-2-11-25(12-3-1)43-31-17-7-4-14-28(31)38-33(43)22-23-34-39(38)29-15-5-8-18-32(29)44(34)35-19-10-16-30-40-37(46-41(30)35)24-21-27-26-13-6-9-20-36(26)45-42(27)40/h1-24H. The van der Waals surface area contributed by atoms with Crippen molar-refractivity contribution in [1.82, 2.24) is 9.13 Å². The zero-order valence-electron chi connectivity index (χ0n) is 24.6. The molecule has 4 heteroatoms. The Morgan fingerprint density at radius 3 is 1.72 bits per heavy atom. The van der Waals surface area contributed by atoms with Crippen LogP contribution in [0.2, 0.25) is 0 Å². The molecule has 0 atom stereocenters. The van der Waals surface area contributed by atoms with Gasteiger partial charge in [-0.15, -0.1) is 0 Å². The molecule has 0 saturated carbocycles. The number of benzene rings is 7. The maximum atomic E-state index is 6.74. The largest absolute Gasteiger partial charge is 0.455 e. The SMILES string of the molecule is c1ccc(-n2c3ccccc3c3c4c5ccccc5n(-c5cccc6c5oc5ccc7c8ccccc8oc7c56)c4ccc32)cc1. The van der Waals surface area contributed by atoms with E-state index in [-0.39, 0.29) is 0 Å². The number of aromatic nitrogens is 2. The van der Waals surface area contributed by atoms with E-state index in [0.29, 0.717) is 0 Å². The van der Waals surface area contributed by atoms with Crippen molar-refractivity contribution < 1.29 is 8.83 Å². The Morgan fingerprint density at radius 1 is 0.326 bits per heavy atom. The summed E-state index contributed by atoms with van der Waals surface area (Å²) in [5.41, 5.74) is 10.3. The molecule has 11 aromatic rings. The summed E-state index contributed by atoms with van der Waals surface area (Å²) in [6.07, 6.45) is 0. The molecule has 4 heterocycles. The average molecular weight is 589 g/mol. The Balaban J connectivity index is 1.29. The van der Waals surface area contributed by atoms with Gasteiger partial charge in [-0.2, -0.15) is 0 Å². The third kappa shape index (κ3) is 2.98. The summed E-state index contributed by atoms with van der Waals surface area (Å²) in [6, 6.07) is 51.5. The quantitative estimate of drug-likeness (QED) is 0.201. The predicted molar refractivity (Wildman–Crippen MR) is 190 cm³/mol. The van der Waals surface area contributed by atoms with Crippen LogP contribution < -0.4 is 0 Å². The molecule has 0 saturated heterocycles. The molecule has 4 aromatic heterocycles. The summed E-state index contributed by atoms with van der Waals surface area (Å²) >= 11 is 0. The van der Waals surface area contributed by atoms with Crippen LogP contribution in [0, 0.1) is 0 Å². The van der Waals surface area contributed by atoms with Gasteiger partial charge in [0.15, 0.2) is 5.58 Å². The van der Waals surface area contributed by atoms with Crippen molar-refractivity contribution in [3.8, 4) is 11.4 Å². The highest BCUT2D eigenvalue weighted by atomic mass is 16.3. The van der Waals surface area contributed by atoms with Crippen molar-refractivity contribution >= 4 is 87.5 Å². The lowest BCUT2D eigenvalue weighted by atomic mass is 10.1. The normalized spacial score (nSPS) is 12.3. The molecular formula is C42H24N2O2. The molecule has 4 nitrogen and oxygen atoms in total. The maximum absolute atomic E-state index is 6.74. The lowest BCUT2D eigenvalue weighted by Crippen LogP contribution is -1.95. The highest BCUT2D eigenvalue weighted by Crippen LogP contribution is 2.45. The van der Waals surface area contributed by atoms with Crippen LogP contribution in [0.3, 0.4) is 0 Å². The first kappa shape index (κ1) is 24.1. The number of fused-ring (bicyclic) bond motifs is 14. The van der Waals surface area contributed by atoms with E-state index in [1.807, 2.05) is 12.1 Å². The van der Waals surface area contributed by atoms with E-state index in [1.54, 1.807) is 0 Å². The van der Waals surface area contributed by atoms with Crippen LogP contribution in [0.1, 0.15) is 0 Å². The Kier molecular flexibility index (Phi) is 4.55. The predicted octanol–water partition coefficient (Wildman–Crippen LogP) is 11.7. The highest BCUT2D eigenvalue weighted by Gasteiger charge is 2.23. The van der Waals surface area contributed by atoms with Gasteiger partial charge >= 0.3 is 0 Å². The number of para-hydroxylation sites is 5. The molecule has 0 aliphatic heterocycles. The van der Waals surface area contributed by atoms with Crippen molar-refractivity contribution in [2.24, 2.45) is 0 Å². The number of hydrogen-bond acceptors (Lipinski definition) is 2. The number of hydrogen-bond donors (Lipinski definition) is 0. The van der Waals surface area contributed by atoms with Gasteiger partial charge in [0, 0.05) is 43.4 Å². The third-order valence-electron chi connectivity index (χ3n) is 9.71. The van der Waals surface area contributed by atoms with E-state index in [4.69, 9.17) is 8.83 Å². The zero-order chi connectivity index (χ0) is 29.9. The van der Waals surface area contributed by atoms with E-state index in [9.17, 15) is 0 Å². The molecule has 0 radical (unpaired) electrons. The van der Waals surface area contributed by atoms with Crippen molar-refractivity contribution in [1.29, 1.82) is 0 Å². The second kappa shape index (κ2) is 8.68. The van der Waals surface area contributed by atoms with Crippen LogP contribution in [-0.2, 0) is 0 Å². The van der Waals surface area contributed by atoms with Gasteiger partial charge < -0.3 is 18.0 Å². The summed E-state index contributed by atoms with van der Waals surface area (Å²) in [7, 11) is 0. The first-order valence-electron chi connectivity index (χ1n) is 15.6. The zero-order valence-corrected chi connectivity index (χ0v) is 24.6. The summed E-state index contributed by atoms with van der Waals surface area (Å²) in [6.45, 7) is 0. The molecule has 11 rings (SSSR count). The van der Waals surface area contributed by atoms with Crippen molar-refractivity contribution in [3.63, 3.8) is 0 Å². The van der Waals surface area contributed by atoms with E-state index in [1.165, 1.54) is 32.6 Å². The lowest BCUT2D eigenvalue weighted by molar-refractivity contribution is 0.661. The van der Waals surface area contributed by atoms with Gasteiger partial charge in [0.05, 0.1) is 33.1 Å². The van der Waals surface area contributed by atoms with Crippen molar-refractivity contribution in [2.75, 3.05) is 0 Å². The number of furan rings is 2. The van der Waals surface area contributed by atoms with Crippen molar-refractivity contribution in [3.05, 3.63) is 146 Å². The van der Waals surface area contributed by atoms with Crippen molar-refractivity contribution in [2.45, 2.75) is 0 Å². The average Bonchev–Trinajstić information content (AvgIpc) is 3.85. The molecule has 214 valence electrons. The first-order chi connectivity index (χ1) is 22.8. The van der Waals surface area contributed by atoms with Gasteiger partial charge in [-0.3, -0.25) is 0 Å². The van der Waals surface area contributed by atoms with E-state index in [0.717, 1.165) is 66.3 Å². The van der Waals surface area contributed by atoms with Gasteiger partial charge in [-0.25, -0.2) is 0 Å².